The number of phenols is 1. The van der Waals surface area contributed by atoms with Crippen molar-refractivity contribution in [1.82, 2.24) is 4.98 Å². The van der Waals surface area contributed by atoms with Gasteiger partial charge in [0.2, 0.25) is 5.91 Å². The van der Waals surface area contributed by atoms with Gasteiger partial charge >= 0.3 is 0 Å². The molecule has 5 heteroatoms. The maximum absolute atomic E-state index is 12.3. The molecule has 5 nitrogen and oxygen atoms in total. The second kappa shape index (κ2) is 6.44. The number of carbonyl (C=O) groups excluding carboxylic acids is 1. The molecule has 1 amide bonds. The number of anilines is 1. The highest BCUT2D eigenvalue weighted by Crippen LogP contribution is 2.29. The number of rotatable bonds is 4. The molecule has 0 saturated heterocycles. The van der Waals surface area contributed by atoms with E-state index in [1.807, 2.05) is 36.4 Å². The number of benzene rings is 3. The van der Waals surface area contributed by atoms with Crippen LogP contribution >= 0.6 is 0 Å². The molecule has 4 aromatic rings. The van der Waals surface area contributed by atoms with Gasteiger partial charge in [0.1, 0.15) is 11.5 Å². The quantitative estimate of drug-likeness (QED) is 0.484. The summed E-state index contributed by atoms with van der Waals surface area (Å²) in [4.78, 5) is 15.6. The molecule has 3 aromatic carbocycles. The van der Waals surface area contributed by atoms with Crippen LogP contribution in [0, 0.1) is 0 Å². The Morgan fingerprint density at radius 1 is 1.00 bits per heavy atom. The van der Waals surface area contributed by atoms with Gasteiger partial charge in [0, 0.05) is 28.0 Å². The Bertz CT molecular complexity index is 1100. The SMILES string of the molecule is COc1ccc2c(c1)[nH]c1cc(CC(=O)Nc3ccc(O)cc3)ccc12. The topological polar surface area (TPSA) is 74.4 Å². The average Bonchev–Trinajstić information content (AvgIpc) is 3.00. The highest BCUT2D eigenvalue weighted by molar-refractivity contribution is 6.08. The van der Waals surface area contributed by atoms with Gasteiger partial charge in [-0.25, -0.2) is 0 Å². The van der Waals surface area contributed by atoms with Crippen LogP contribution in [0.4, 0.5) is 5.69 Å². The summed E-state index contributed by atoms with van der Waals surface area (Å²) in [6, 6.07) is 18.4. The van der Waals surface area contributed by atoms with Gasteiger partial charge in [0.15, 0.2) is 0 Å². The van der Waals surface area contributed by atoms with Crippen LogP contribution in [0.15, 0.2) is 60.7 Å². The number of methoxy groups -OCH3 is 1. The fourth-order valence-corrected chi connectivity index (χ4v) is 3.11. The number of aromatic amines is 1. The fourth-order valence-electron chi connectivity index (χ4n) is 3.11. The fraction of sp³-hybridized carbons (Fsp3) is 0.0952. The second-order valence-corrected chi connectivity index (χ2v) is 6.19. The van der Waals surface area contributed by atoms with Crippen LogP contribution in [0.5, 0.6) is 11.5 Å². The van der Waals surface area contributed by atoms with Crippen molar-refractivity contribution in [1.29, 1.82) is 0 Å². The van der Waals surface area contributed by atoms with E-state index in [0.717, 1.165) is 33.1 Å². The largest absolute Gasteiger partial charge is 0.508 e. The number of H-pyrrole nitrogens is 1. The van der Waals surface area contributed by atoms with Gasteiger partial charge in [-0.05, 0) is 48.0 Å². The third-order valence-electron chi connectivity index (χ3n) is 4.39. The minimum absolute atomic E-state index is 0.104. The van der Waals surface area contributed by atoms with Crippen molar-refractivity contribution in [2.24, 2.45) is 0 Å². The Balaban J connectivity index is 1.57. The Hall–Kier alpha value is -3.47. The minimum atomic E-state index is -0.104. The van der Waals surface area contributed by atoms with Crippen LogP contribution in [-0.4, -0.2) is 23.1 Å². The molecular formula is C21H18N2O3. The lowest BCUT2D eigenvalue weighted by Crippen LogP contribution is -2.14. The molecule has 0 fully saturated rings. The van der Waals surface area contributed by atoms with Gasteiger partial charge in [-0.3, -0.25) is 4.79 Å². The van der Waals surface area contributed by atoms with Crippen LogP contribution in [0.1, 0.15) is 5.56 Å². The molecule has 130 valence electrons. The lowest BCUT2D eigenvalue weighted by molar-refractivity contribution is -0.115. The summed E-state index contributed by atoms with van der Waals surface area (Å²) >= 11 is 0. The summed E-state index contributed by atoms with van der Waals surface area (Å²) in [5.74, 6) is 0.870. The van der Waals surface area contributed by atoms with Crippen LogP contribution in [0.25, 0.3) is 21.8 Å². The van der Waals surface area contributed by atoms with E-state index in [9.17, 15) is 9.90 Å². The summed E-state index contributed by atoms with van der Waals surface area (Å²) in [7, 11) is 1.65. The van der Waals surface area contributed by atoms with Crippen molar-refractivity contribution in [2.45, 2.75) is 6.42 Å². The number of aromatic hydroxyl groups is 1. The maximum atomic E-state index is 12.3. The lowest BCUT2D eigenvalue weighted by atomic mass is 10.1. The summed E-state index contributed by atoms with van der Waals surface area (Å²) in [5, 5.41) is 14.4. The molecule has 3 N–H and O–H groups in total. The Kier molecular flexibility index (Phi) is 3.97. The molecule has 26 heavy (non-hydrogen) atoms. The third kappa shape index (κ3) is 3.07. The molecule has 0 spiro atoms. The molecule has 1 aromatic heterocycles. The molecule has 4 rings (SSSR count). The molecule has 1 heterocycles. The molecule has 0 aliphatic heterocycles. The molecule has 0 unspecified atom stereocenters. The zero-order chi connectivity index (χ0) is 18.1. The molecule has 0 aliphatic rings. The molecule has 0 radical (unpaired) electrons. The van der Waals surface area contributed by atoms with Crippen LogP contribution in [-0.2, 0) is 11.2 Å². The number of hydrogen-bond donors (Lipinski definition) is 3. The summed E-state index contributed by atoms with van der Waals surface area (Å²) < 4.78 is 5.27. The summed E-state index contributed by atoms with van der Waals surface area (Å²) in [6.07, 6.45) is 0.273. The van der Waals surface area contributed by atoms with Crippen LogP contribution in [0.2, 0.25) is 0 Å². The van der Waals surface area contributed by atoms with Crippen LogP contribution in [0.3, 0.4) is 0 Å². The van der Waals surface area contributed by atoms with Crippen molar-refractivity contribution in [2.75, 3.05) is 12.4 Å². The number of fused-ring (bicyclic) bond motifs is 3. The average molecular weight is 346 g/mol. The first-order chi connectivity index (χ1) is 12.6. The normalized spacial score (nSPS) is 11.0. The monoisotopic (exact) mass is 346 g/mol. The lowest BCUT2D eigenvalue weighted by Gasteiger charge is -2.05. The van der Waals surface area contributed by atoms with Crippen molar-refractivity contribution in [3.05, 3.63) is 66.2 Å². The van der Waals surface area contributed by atoms with E-state index in [2.05, 4.69) is 10.3 Å². The van der Waals surface area contributed by atoms with Gasteiger partial charge in [-0.15, -0.1) is 0 Å². The van der Waals surface area contributed by atoms with E-state index < -0.39 is 0 Å². The van der Waals surface area contributed by atoms with Crippen molar-refractivity contribution < 1.29 is 14.6 Å². The van der Waals surface area contributed by atoms with E-state index in [1.165, 1.54) is 0 Å². The van der Waals surface area contributed by atoms with E-state index in [0.29, 0.717) is 5.69 Å². The van der Waals surface area contributed by atoms with Crippen LogP contribution < -0.4 is 10.1 Å². The number of ether oxygens (including phenoxy) is 1. The molecular weight excluding hydrogens is 328 g/mol. The Morgan fingerprint density at radius 3 is 2.42 bits per heavy atom. The Morgan fingerprint density at radius 2 is 1.69 bits per heavy atom. The predicted octanol–water partition coefficient (Wildman–Crippen LogP) is 4.22. The predicted molar refractivity (Wildman–Crippen MR) is 103 cm³/mol. The van der Waals surface area contributed by atoms with Crippen molar-refractivity contribution in [3.8, 4) is 11.5 Å². The molecule has 0 aliphatic carbocycles. The van der Waals surface area contributed by atoms with E-state index in [4.69, 9.17) is 4.74 Å². The van der Waals surface area contributed by atoms with Gasteiger partial charge in [-0.2, -0.15) is 0 Å². The van der Waals surface area contributed by atoms with Gasteiger partial charge in [0.05, 0.1) is 19.0 Å². The molecule has 0 bridgehead atoms. The Labute approximate surface area is 150 Å². The van der Waals surface area contributed by atoms with E-state index >= 15 is 0 Å². The molecule has 0 saturated carbocycles. The number of aromatic nitrogens is 1. The van der Waals surface area contributed by atoms with E-state index in [1.54, 1.807) is 31.4 Å². The second-order valence-electron chi connectivity index (χ2n) is 6.19. The zero-order valence-electron chi connectivity index (χ0n) is 14.2. The molecule has 0 atom stereocenters. The highest BCUT2D eigenvalue weighted by atomic mass is 16.5. The number of nitrogens with one attached hydrogen (secondary N) is 2. The smallest absolute Gasteiger partial charge is 0.228 e. The number of carbonyl (C=O) groups is 1. The third-order valence-corrected chi connectivity index (χ3v) is 4.39. The minimum Gasteiger partial charge on any atom is -0.508 e. The number of phenolic OH excluding ortho intramolecular Hbond substituents is 1. The van der Waals surface area contributed by atoms with Gasteiger partial charge in [0.25, 0.3) is 0 Å². The number of amides is 1. The standard InChI is InChI=1S/C21H18N2O3/c1-26-16-7-9-18-17-8-2-13(10-19(17)23-20(18)12-16)11-21(25)22-14-3-5-15(24)6-4-14/h2-10,12,23-24H,11H2,1H3,(H,22,25). The maximum Gasteiger partial charge on any atom is 0.228 e. The highest BCUT2D eigenvalue weighted by Gasteiger charge is 2.09. The first-order valence-electron chi connectivity index (χ1n) is 8.29. The summed E-state index contributed by atoms with van der Waals surface area (Å²) in [5.41, 5.74) is 3.58. The first kappa shape index (κ1) is 16.0. The number of hydrogen-bond acceptors (Lipinski definition) is 3. The van der Waals surface area contributed by atoms with Gasteiger partial charge < -0.3 is 20.1 Å². The summed E-state index contributed by atoms with van der Waals surface area (Å²) in [6.45, 7) is 0. The van der Waals surface area contributed by atoms with Gasteiger partial charge in [-0.1, -0.05) is 12.1 Å². The first-order valence-corrected chi connectivity index (χ1v) is 8.29. The van der Waals surface area contributed by atoms with E-state index in [-0.39, 0.29) is 18.1 Å². The van der Waals surface area contributed by atoms with Crippen molar-refractivity contribution >= 4 is 33.4 Å². The van der Waals surface area contributed by atoms with Crippen molar-refractivity contribution in [3.63, 3.8) is 0 Å². The zero-order valence-corrected chi connectivity index (χ0v) is 14.2.